The van der Waals surface area contributed by atoms with Crippen LogP contribution in [0.3, 0.4) is 0 Å². The quantitative estimate of drug-likeness (QED) is 0.119. The fourth-order valence-corrected chi connectivity index (χ4v) is 4.06. The summed E-state index contributed by atoms with van der Waals surface area (Å²) in [7, 11) is -4.84. The van der Waals surface area contributed by atoms with Gasteiger partial charge in [-0.15, -0.1) is 13.2 Å². The van der Waals surface area contributed by atoms with Crippen LogP contribution in [0, 0.1) is 19.7 Å². The number of carbonyl (C=O) groups is 2. The van der Waals surface area contributed by atoms with Crippen molar-refractivity contribution in [2.24, 2.45) is 0 Å². The van der Waals surface area contributed by atoms with Crippen LogP contribution in [0.1, 0.15) is 27.3 Å². The van der Waals surface area contributed by atoms with Crippen molar-refractivity contribution >= 4 is 90.2 Å². The van der Waals surface area contributed by atoms with Gasteiger partial charge < -0.3 is 25.2 Å². The molecule has 0 spiro atoms. The molecule has 0 bridgehead atoms. The number of rotatable bonds is 9. The Morgan fingerprint density at radius 3 is 2.41 bits per heavy atom. The summed E-state index contributed by atoms with van der Waals surface area (Å²) < 4.78 is 71.8. The Kier molecular flexibility index (Phi) is 13.1. The number of amides is 2. The second-order valence-corrected chi connectivity index (χ2v) is 9.94. The number of phosphoric acid groups is 1. The third-order valence-corrected chi connectivity index (χ3v) is 6.03. The van der Waals surface area contributed by atoms with E-state index >= 15 is 0 Å². The number of carbonyl (C=O) groups excluding carboxylic acids is 2. The van der Waals surface area contributed by atoms with Crippen LogP contribution in [0.15, 0.2) is 42.6 Å². The number of hydrogen-bond acceptors (Lipinski definition) is 8. The average Bonchev–Trinajstić information content (AvgIpc) is 3.28. The molecule has 3 aromatic heterocycles. The van der Waals surface area contributed by atoms with Crippen LogP contribution in [-0.2, 0) is 20.4 Å². The van der Waals surface area contributed by atoms with Crippen molar-refractivity contribution in [3.05, 3.63) is 70.9 Å². The molecule has 2 amide bonds. The number of nitrogens with zero attached hydrogens (tertiary/aromatic N) is 4. The van der Waals surface area contributed by atoms with Gasteiger partial charge in [-0.1, -0.05) is 0 Å². The van der Waals surface area contributed by atoms with Crippen molar-refractivity contribution in [3.8, 4) is 17.0 Å². The number of aromatic nitrogens is 4. The van der Waals surface area contributed by atoms with Crippen LogP contribution >= 0.6 is 7.82 Å². The smallest absolute Gasteiger partial charge is 0.406 e. The molecule has 0 aliphatic carbocycles. The van der Waals surface area contributed by atoms with Crippen molar-refractivity contribution in [1.29, 1.82) is 0 Å². The SMILES string of the molecule is Cc1nc(C)c(-c2ccc3nc(NC(=O)COP(=O)(O)O)cn3n2)cc1C(=O)NCc1cc(OC(F)(F)F)ccc1F.[Na].[Na]. The van der Waals surface area contributed by atoms with E-state index in [9.17, 15) is 31.7 Å². The molecule has 44 heavy (non-hydrogen) atoms. The molecule has 4 rings (SSSR count). The molecule has 0 aliphatic rings. The van der Waals surface area contributed by atoms with E-state index in [2.05, 4.69) is 35.0 Å². The molecule has 0 unspecified atom stereocenters. The minimum atomic E-state index is -4.97. The standard InChI is InChI=1S/C24H21F4N6O7P.2Na/c1-12-16(19-5-6-21-31-20(10-34(21)33-19)32-22(35)11-40-42(37,38)39)8-17(13(2)30-12)23(36)29-9-14-7-15(3-4-18(14)25)41-24(26,27)28;;/h3-8,10H,9,11H2,1-2H3,(H,29,36)(H,32,35)(H2,37,38,39);;. The summed E-state index contributed by atoms with van der Waals surface area (Å²) in [6.45, 7) is 1.91. The van der Waals surface area contributed by atoms with E-state index in [0.717, 1.165) is 18.2 Å². The second kappa shape index (κ2) is 15.2. The second-order valence-electron chi connectivity index (χ2n) is 8.70. The molecule has 0 saturated heterocycles. The number of pyridine rings is 1. The molecule has 4 N–H and O–H groups in total. The Labute approximate surface area is 290 Å². The fraction of sp³-hybridized carbons (Fsp3) is 0.208. The monoisotopic (exact) mass is 658 g/mol. The minimum absolute atomic E-state index is 0. The molecular formula is C24H21F4N6Na2O7P. The summed E-state index contributed by atoms with van der Waals surface area (Å²) in [6.07, 6.45) is -3.63. The Hall–Kier alpha value is -2.44. The van der Waals surface area contributed by atoms with E-state index in [0.29, 0.717) is 28.3 Å². The summed E-state index contributed by atoms with van der Waals surface area (Å²) >= 11 is 0. The van der Waals surface area contributed by atoms with Crippen LogP contribution in [-0.4, -0.2) is 113 Å². The van der Waals surface area contributed by atoms with Crippen LogP contribution in [0.25, 0.3) is 16.9 Å². The van der Waals surface area contributed by atoms with Gasteiger partial charge in [-0.2, -0.15) is 5.10 Å². The number of nitrogens with one attached hydrogen (secondary N) is 2. The largest absolute Gasteiger partial charge is 0.573 e. The Morgan fingerprint density at radius 2 is 1.75 bits per heavy atom. The molecule has 4 aromatic rings. The van der Waals surface area contributed by atoms with E-state index in [1.54, 1.807) is 26.0 Å². The predicted octanol–water partition coefficient (Wildman–Crippen LogP) is 2.66. The average molecular weight is 658 g/mol. The number of phosphoric ester groups is 1. The number of fused-ring (bicyclic) bond motifs is 1. The van der Waals surface area contributed by atoms with Gasteiger partial charge in [0.25, 0.3) is 11.8 Å². The number of imidazole rings is 1. The summed E-state index contributed by atoms with van der Waals surface area (Å²) in [5, 5.41) is 9.20. The van der Waals surface area contributed by atoms with Crippen LogP contribution < -0.4 is 15.4 Å². The first kappa shape index (κ1) is 37.7. The van der Waals surface area contributed by atoms with Crippen molar-refractivity contribution < 1.29 is 50.8 Å². The van der Waals surface area contributed by atoms with Gasteiger partial charge in [0, 0.05) is 82.5 Å². The van der Waals surface area contributed by atoms with E-state index in [4.69, 9.17) is 9.79 Å². The van der Waals surface area contributed by atoms with Crippen molar-refractivity contribution in [2.75, 3.05) is 11.9 Å². The van der Waals surface area contributed by atoms with Crippen LogP contribution in [0.4, 0.5) is 23.4 Å². The molecule has 2 radical (unpaired) electrons. The van der Waals surface area contributed by atoms with Gasteiger partial charge in [0.05, 0.1) is 23.1 Å². The maximum Gasteiger partial charge on any atom is 0.573 e. The predicted molar refractivity (Wildman–Crippen MR) is 148 cm³/mol. The van der Waals surface area contributed by atoms with Crippen molar-refractivity contribution in [1.82, 2.24) is 24.9 Å². The van der Waals surface area contributed by atoms with Gasteiger partial charge >= 0.3 is 14.2 Å². The zero-order chi connectivity index (χ0) is 30.8. The van der Waals surface area contributed by atoms with Gasteiger partial charge in [0.15, 0.2) is 11.5 Å². The molecule has 0 fully saturated rings. The molecule has 0 aliphatic heterocycles. The van der Waals surface area contributed by atoms with Gasteiger partial charge in [-0.3, -0.25) is 19.1 Å². The Balaban J connectivity index is 0.00000337. The minimum Gasteiger partial charge on any atom is -0.406 e. The normalized spacial score (nSPS) is 11.4. The van der Waals surface area contributed by atoms with Crippen molar-refractivity contribution in [3.63, 3.8) is 0 Å². The van der Waals surface area contributed by atoms with E-state index < -0.39 is 50.7 Å². The maximum atomic E-state index is 14.2. The first-order chi connectivity index (χ1) is 19.6. The first-order valence-electron chi connectivity index (χ1n) is 11.8. The van der Waals surface area contributed by atoms with E-state index in [1.165, 1.54) is 16.8 Å². The zero-order valence-corrected chi connectivity index (χ0v) is 28.5. The summed E-state index contributed by atoms with van der Waals surface area (Å²) in [5.41, 5.74) is 1.80. The summed E-state index contributed by atoms with van der Waals surface area (Å²) in [4.78, 5) is 50.8. The number of halogens is 4. The number of hydrogen-bond donors (Lipinski definition) is 4. The van der Waals surface area contributed by atoms with E-state index in [1.807, 2.05) is 0 Å². The number of anilines is 1. The number of benzene rings is 1. The van der Waals surface area contributed by atoms with Gasteiger partial charge in [0.2, 0.25) is 0 Å². The summed E-state index contributed by atoms with van der Waals surface area (Å²) in [6, 6.07) is 7.08. The van der Waals surface area contributed by atoms with Crippen LogP contribution in [0.2, 0.25) is 0 Å². The first-order valence-corrected chi connectivity index (χ1v) is 13.3. The fourth-order valence-electron chi connectivity index (χ4n) is 3.78. The Morgan fingerprint density at radius 1 is 1.05 bits per heavy atom. The van der Waals surface area contributed by atoms with E-state index in [-0.39, 0.29) is 76.1 Å². The molecular weight excluding hydrogens is 637 g/mol. The topological polar surface area (TPSA) is 177 Å². The molecule has 0 atom stereocenters. The molecule has 13 nitrogen and oxygen atoms in total. The number of alkyl halides is 3. The summed E-state index contributed by atoms with van der Waals surface area (Å²) in [5.74, 6) is -2.99. The van der Waals surface area contributed by atoms with Gasteiger partial charge in [-0.05, 0) is 50.2 Å². The third kappa shape index (κ3) is 10.3. The number of aryl methyl sites for hydroxylation is 2. The molecule has 3 heterocycles. The zero-order valence-electron chi connectivity index (χ0n) is 23.6. The number of ether oxygens (including phenoxy) is 1. The van der Waals surface area contributed by atoms with Gasteiger partial charge in [0.1, 0.15) is 18.2 Å². The molecule has 1 aromatic carbocycles. The third-order valence-electron chi connectivity index (χ3n) is 5.57. The Bertz CT molecular complexity index is 1740. The van der Waals surface area contributed by atoms with Crippen molar-refractivity contribution in [2.45, 2.75) is 26.8 Å². The maximum absolute atomic E-state index is 14.2. The molecule has 224 valence electrons. The van der Waals surface area contributed by atoms with Gasteiger partial charge in [-0.25, -0.2) is 18.5 Å². The molecule has 20 heteroatoms. The van der Waals surface area contributed by atoms with Crippen LogP contribution in [0.5, 0.6) is 5.75 Å². The molecule has 0 saturated carbocycles.